The number of carbonyl (C=O) groups excluding carboxylic acids is 1. The number of alkyl carbamates (subject to hydrolysis) is 1. The molecule has 2 rings (SSSR count). The molecule has 2 aromatic rings. The van der Waals surface area contributed by atoms with Gasteiger partial charge in [-0.05, 0) is 62.2 Å². The van der Waals surface area contributed by atoms with Crippen molar-refractivity contribution >= 4 is 37.4 Å². The van der Waals surface area contributed by atoms with Gasteiger partial charge in [0.15, 0.2) is 9.84 Å². The van der Waals surface area contributed by atoms with Gasteiger partial charge in [-0.25, -0.2) is 13.2 Å². The molecule has 24 heavy (non-hydrogen) atoms. The first-order valence-corrected chi connectivity index (χ1v) is 10.4. The van der Waals surface area contributed by atoms with Crippen LogP contribution >= 0.6 is 11.3 Å². The van der Waals surface area contributed by atoms with E-state index in [2.05, 4.69) is 5.32 Å². The molecule has 0 aliphatic carbocycles. The Kier molecular flexibility index (Phi) is 5.55. The number of nitrogens with one attached hydrogen (secondary N) is 1. The zero-order chi connectivity index (χ0) is 18.0. The fourth-order valence-corrected chi connectivity index (χ4v) is 4.77. The first-order chi connectivity index (χ1) is 11.0. The van der Waals surface area contributed by atoms with Crippen LogP contribution < -0.4 is 5.32 Å². The van der Waals surface area contributed by atoms with Crippen molar-refractivity contribution < 1.29 is 17.9 Å². The van der Waals surface area contributed by atoms with Crippen LogP contribution in [0.4, 0.5) is 4.79 Å². The van der Waals surface area contributed by atoms with Crippen LogP contribution in [0.25, 0.3) is 10.1 Å². The first-order valence-electron chi connectivity index (χ1n) is 7.70. The van der Waals surface area contributed by atoms with Gasteiger partial charge in [-0.2, -0.15) is 0 Å². The zero-order valence-corrected chi connectivity index (χ0v) is 16.0. The standard InChI is InChI=1S/C17H23NO4S2/c1-12(18-16(19)22-17(2,3)4)10-24(20,21)11-13-5-6-15-14(9-13)7-8-23-15/h5-9,12H,10-11H2,1-4H3,(H,18,19)/t12-/m0/s1. The molecular weight excluding hydrogens is 346 g/mol. The van der Waals surface area contributed by atoms with Gasteiger partial charge in [0.1, 0.15) is 5.60 Å². The number of carbonyl (C=O) groups is 1. The zero-order valence-electron chi connectivity index (χ0n) is 14.3. The second kappa shape index (κ2) is 7.11. The van der Waals surface area contributed by atoms with Crippen LogP contribution in [0.1, 0.15) is 33.3 Å². The molecule has 0 radical (unpaired) electrons. The Balaban J connectivity index is 1.96. The summed E-state index contributed by atoms with van der Waals surface area (Å²) in [5.41, 5.74) is 0.142. The molecule has 5 nitrogen and oxygen atoms in total. The maximum absolute atomic E-state index is 12.4. The molecule has 0 fully saturated rings. The van der Waals surface area contributed by atoms with Crippen LogP contribution in [0.15, 0.2) is 29.6 Å². The first kappa shape index (κ1) is 18.7. The van der Waals surface area contributed by atoms with Gasteiger partial charge in [-0.15, -0.1) is 11.3 Å². The molecule has 0 saturated heterocycles. The van der Waals surface area contributed by atoms with E-state index >= 15 is 0 Å². The number of hydrogen-bond acceptors (Lipinski definition) is 5. The van der Waals surface area contributed by atoms with E-state index in [1.54, 1.807) is 39.0 Å². The van der Waals surface area contributed by atoms with Crippen LogP contribution in [-0.2, 0) is 20.3 Å². The summed E-state index contributed by atoms with van der Waals surface area (Å²) in [5.74, 6) is -0.174. The van der Waals surface area contributed by atoms with Crippen LogP contribution in [0.2, 0.25) is 0 Å². The predicted molar refractivity (Wildman–Crippen MR) is 98.1 cm³/mol. The SMILES string of the molecule is C[C@@H](CS(=O)(=O)Cc1ccc2sccc2c1)NC(=O)OC(C)(C)C. The minimum atomic E-state index is -3.34. The van der Waals surface area contributed by atoms with Gasteiger partial charge in [0, 0.05) is 10.7 Å². The minimum Gasteiger partial charge on any atom is -0.444 e. The number of amides is 1. The second-order valence-corrected chi connectivity index (χ2v) is 9.95. The van der Waals surface area contributed by atoms with Gasteiger partial charge >= 0.3 is 6.09 Å². The molecule has 1 aromatic carbocycles. The van der Waals surface area contributed by atoms with Crippen molar-refractivity contribution in [2.24, 2.45) is 0 Å². The van der Waals surface area contributed by atoms with E-state index in [-0.39, 0.29) is 11.5 Å². The van der Waals surface area contributed by atoms with E-state index in [1.165, 1.54) is 0 Å². The molecule has 0 aliphatic heterocycles. The van der Waals surface area contributed by atoms with Crippen LogP contribution in [0, 0.1) is 0 Å². The van der Waals surface area contributed by atoms with Crippen molar-refractivity contribution in [1.82, 2.24) is 5.32 Å². The number of thiophene rings is 1. The van der Waals surface area contributed by atoms with Gasteiger partial charge < -0.3 is 10.1 Å². The van der Waals surface area contributed by atoms with E-state index in [4.69, 9.17) is 4.74 Å². The molecule has 0 bridgehead atoms. The smallest absolute Gasteiger partial charge is 0.407 e. The fraction of sp³-hybridized carbons (Fsp3) is 0.471. The summed E-state index contributed by atoms with van der Waals surface area (Å²) in [4.78, 5) is 11.7. The lowest BCUT2D eigenvalue weighted by Crippen LogP contribution is -2.41. The lowest BCUT2D eigenvalue weighted by Gasteiger charge is -2.21. The molecular formula is C17H23NO4S2. The molecule has 0 aliphatic rings. The molecule has 1 heterocycles. The van der Waals surface area contributed by atoms with E-state index in [0.29, 0.717) is 0 Å². The van der Waals surface area contributed by atoms with Crippen molar-refractivity contribution in [1.29, 1.82) is 0 Å². The Labute approximate surface area is 146 Å². The second-order valence-electron chi connectivity index (χ2n) is 6.89. The summed E-state index contributed by atoms with van der Waals surface area (Å²) in [6, 6.07) is 7.13. The highest BCUT2D eigenvalue weighted by Gasteiger charge is 2.21. The monoisotopic (exact) mass is 369 g/mol. The van der Waals surface area contributed by atoms with E-state index in [0.717, 1.165) is 15.6 Å². The Morgan fingerprint density at radius 1 is 1.29 bits per heavy atom. The molecule has 0 spiro atoms. The number of fused-ring (bicyclic) bond motifs is 1. The summed E-state index contributed by atoms with van der Waals surface area (Å²) in [6.45, 7) is 6.93. The Morgan fingerprint density at radius 3 is 2.67 bits per heavy atom. The lowest BCUT2D eigenvalue weighted by atomic mass is 10.2. The number of hydrogen-bond donors (Lipinski definition) is 1. The van der Waals surface area contributed by atoms with Gasteiger partial charge in [0.05, 0.1) is 11.5 Å². The summed E-state index contributed by atoms with van der Waals surface area (Å²) in [7, 11) is -3.34. The fourth-order valence-electron chi connectivity index (χ4n) is 2.35. The minimum absolute atomic E-state index is 0.0425. The van der Waals surface area contributed by atoms with Crippen LogP contribution in [-0.4, -0.2) is 31.9 Å². The van der Waals surface area contributed by atoms with Crippen LogP contribution in [0.5, 0.6) is 0 Å². The molecule has 7 heteroatoms. The van der Waals surface area contributed by atoms with E-state index < -0.39 is 27.6 Å². The Morgan fingerprint density at radius 2 is 2.00 bits per heavy atom. The third kappa shape index (κ3) is 5.79. The number of sulfone groups is 1. The summed E-state index contributed by atoms with van der Waals surface area (Å²) in [6.07, 6.45) is -0.607. The van der Waals surface area contributed by atoms with Crippen molar-refractivity contribution in [3.63, 3.8) is 0 Å². The third-order valence-corrected chi connectivity index (χ3v) is 5.85. The topological polar surface area (TPSA) is 72.5 Å². The third-order valence-electron chi connectivity index (χ3n) is 3.17. The molecule has 1 amide bonds. The maximum Gasteiger partial charge on any atom is 0.407 e. The number of ether oxygens (including phenoxy) is 1. The normalized spacial score (nSPS) is 13.7. The Hall–Kier alpha value is -1.60. The van der Waals surface area contributed by atoms with E-state index in [1.807, 2.05) is 29.6 Å². The van der Waals surface area contributed by atoms with Gasteiger partial charge in [-0.3, -0.25) is 0 Å². The molecule has 132 valence electrons. The van der Waals surface area contributed by atoms with Crippen molar-refractivity contribution in [2.75, 3.05) is 5.75 Å². The molecule has 0 unspecified atom stereocenters. The van der Waals surface area contributed by atoms with Gasteiger partial charge in [0.25, 0.3) is 0 Å². The highest BCUT2D eigenvalue weighted by Crippen LogP contribution is 2.22. The van der Waals surface area contributed by atoms with E-state index in [9.17, 15) is 13.2 Å². The lowest BCUT2D eigenvalue weighted by molar-refractivity contribution is 0.0513. The average molecular weight is 370 g/mol. The average Bonchev–Trinajstić information content (AvgIpc) is 2.81. The van der Waals surface area contributed by atoms with Gasteiger partial charge in [0.2, 0.25) is 0 Å². The Bertz CT molecular complexity index is 818. The highest BCUT2D eigenvalue weighted by atomic mass is 32.2. The van der Waals surface area contributed by atoms with Crippen LogP contribution in [0.3, 0.4) is 0 Å². The van der Waals surface area contributed by atoms with Crippen molar-refractivity contribution in [3.05, 3.63) is 35.2 Å². The largest absolute Gasteiger partial charge is 0.444 e. The highest BCUT2D eigenvalue weighted by molar-refractivity contribution is 7.90. The number of rotatable bonds is 5. The van der Waals surface area contributed by atoms with Gasteiger partial charge in [-0.1, -0.05) is 6.07 Å². The molecule has 1 atom stereocenters. The molecule has 1 N–H and O–H groups in total. The quantitative estimate of drug-likeness (QED) is 0.872. The number of benzene rings is 1. The predicted octanol–water partition coefficient (Wildman–Crippen LogP) is 3.73. The summed E-state index contributed by atoms with van der Waals surface area (Å²) >= 11 is 1.63. The summed E-state index contributed by atoms with van der Waals surface area (Å²) < 4.78 is 31.0. The summed E-state index contributed by atoms with van der Waals surface area (Å²) in [5, 5.41) is 5.60. The van der Waals surface area contributed by atoms with Crippen molar-refractivity contribution in [3.8, 4) is 0 Å². The van der Waals surface area contributed by atoms with Crippen molar-refractivity contribution in [2.45, 2.75) is 45.1 Å². The maximum atomic E-state index is 12.4. The molecule has 1 aromatic heterocycles. The molecule has 0 saturated carbocycles.